The average molecular weight is 358 g/mol. The number of aldehydes is 1. The highest BCUT2D eigenvalue weighted by Crippen LogP contribution is 2.30. The van der Waals surface area contributed by atoms with E-state index in [0.29, 0.717) is 5.69 Å². The molecule has 1 atom stereocenters. The van der Waals surface area contributed by atoms with Crippen molar-refractivity contribution in [2.24, 2.45) is 0 Å². The van der Waals surface area contributed by atoms with Crippen molar-refractivity contribution >= 4 is 6.29 Å². The van der Waals surface area contributed by atoms with Gasteiger partial charge in [-0.1, -0.05) is 0 Å². The highest BCUT2D eigenvalue weighted by molar-refractivity contribution is 5.81. The number of alkyl halides is 3. The molecule has 0 aliphatic carbocycles. The van der Waals surface area contributed by atoms with Gasteiger partial charge < -0.3 is 9.84 Å². The van der Waals surface area contributed by atoms with E-state index in [1.165, 1.54) is 13.1 Å². The molecule has 0 spiro atoms. The van der Waals surface area contributed by atoms with E-state index in [0.717, 1.165) is 12.1 Å². The van der Waals surface area contributed by atoms with Crippen LogP contribution in [-0.4, -0.2) is 34.1 Å². The quantitative estimate of drug-likeness (QED) is 0.655. The number of nitrogens with zero attached hydrogens (tertiary/aromatic N) is 2. The average Bonchev–Trinajstić information content (AvgIpc) is 2.53. The summed E-state index contributed by atoms with van der Waals surface area (Å²) in [6.07, 6.45) is -4.17. The fraction of sp³-hybridized carbons (Fsp3) is 0.312. The van der Waals surface area contributed by atoms with Crippen LogP contribution in [0.4, 0.5) is 17.6 Å². The Labute approximate surface area is 140 Å². The van der Waals surface area contributed by atoms with Gasteiger partial charge in [-0.2, -0.15) is 13.2 Å². The Morgan fingerprint density at radius 2 is 2.04 bits per heavy atom. The van der Waals surface area contributed by atoms with Gasteiger partial charge in [-0.05, 0) is 26.0 Å². The van der Waals surface area contributed by atoms with E-state index in [1.807, 2.05) is 0 Å². The molecule has 0 amide bonds. The van der Waals surface area contributed by atoms with Crippen LogP contribution in [0.1, 0.15) is 34.8 Å². The zero-order chi connectivity index (χ0) is 18.8. The fourth-order valence-electron chi connectivity index (χ4n) is 2.13. The normalized spacial score (nSPS) is 12.8. The van der Waals surface area contributed by atoms with Crippen molar-refractivity contribution in [3.8, 4) is 17.0 Å². The minimum atomic E-state index is -4.61. The molecule has 2 rings (SSSR count). The summed E-state index contributed by atoms with van der Waals surface area (Å²) in [6.45, 7) is 1.42. The molecule has 9 heteroatoms. The lowest BCUT2D eigenvalue weighted by atomic mass is 10.1. The van der Waals surface area contributed by atoms with Gasteiger partial charge >= 0.3 is 6.18 Å². The Bertz CT molecular complexity index is 792. The van der Waals surface area contributed by atoms with Crippen molar-refractivity contribution < 1.29 is 32.2 Å². The molecular weight excluding hydrogens is 344 g/mol. The molecular formula is C16H14F4N2O3. The van der Waals surface area contributed by atoms with E-state index >= 15 is 0 Å². The van der Waals surface area contributed by atoms with E-state index in [4.69, 9.17) is 0 Å². The van der Waals surface area contributed by atoms with Gasteiger partial charge in [-0.3, -0.25) is 9.78 Å². The summed E-state index contributed by atoms with van der Waals surface area (Å²) in [4.78, 5) is 19.0. The first-order valence-corrected chi connectivity index (χ1v) is 7.12. The van der Waals surface area contributed by atoms with Crippen molar-refractivity contribution in [1.82, 2.24) is 9.97 Å². The minimum Gasteiger partial charge on any atom is -0.483 e. The molecule has 1 aromatic heterocycles. The van der Waals surface area contributed by atoms with E-state index in [-0.39, 0.29) is 28.8 Å². The number of hydrogen-bond acceptors (Lipinski definition) is 5. The summed E-state index contributed by atoms with van der Waals surface area (Å²) < 4.78 is 55.8. The van der Waals surface area contributed by atoms with Gasteiger partial charge in [0.2, 0.25) is 0 Å². The fourth-order valence-corrected chi connectivity index (χ4v) is 2.13. The van der Waals surface area contributed by atoms with Gasteiger partial charge in [0.15, 0.2) is 12.9 Å². The van der Waals surface area contributed by atoms with E-state index in [9.17, 15) is 27.5 Å². The van der Waals surface area contributed by atoms with Gasteiger partial charge in [0.25, 0.3) is 0 Å². The molecule has 1 aromatic carbocycles. The Balaban J connectivity index is 2.51. The third-order valence-corrected chi connectivity index (χ3v) is 3.28. The minimum absolute atomic E-state index is 0.00620. The first kappa shape index (κ1) is 18.8. The summed E-state index contributed by atoms with van der Waals surface area (Å²) in [5.41, 5.74) is 0.0677. The number of aromatic nitrogens is 2. The van der Waals surface area contributed by atoms with Gasteiger partial charge in [-0.25, -0.2) is 9.37 Å². The Morgan fingerprint density at radius 1 is 1.36 bits per heavy atom. The molecule has 5 nitrogen and oxygen atoms in total. The molecule has 0 aliphatic heterocycles. The lowest BCUT2D eigenvalue weighted by Gasteiger charge is -2.14. The second kappa shape index (κ2) is 7.14. The molecule has 2 aromatic rings. The van der Waals surface area contributed by atoms with Gasteiger partial charge in [0.05, 0.1) is 34.9 Å². The Kier molecular flexibility index (Phi) is 5.36. The standard InChI is InChI=1S/C16H14F4N2O3/c1-8-15(9(2)24)22-13(5-21-8)11-4-14(25-7-16(18,19)20)10(6-23)3-12(11)17/h3-6,9,24H,7H2,1-2H3. The number of carbonyl (C=O) groups excluding carboxylic acids is 1. The zero-order valence-corrected chi connectivity index (χ0v) is 13.3. The second-order valence-corrected chi connectivity index (χ2v) is 5.29. The van der Waals surface area contributed by atoms with Crippen molar-refractivity contribution in [3.63, 3.8) is 0 Å². The summed E-state index contributed by atoms with van der Waals surface area (Å²) >= 11 is 0. The number of aryl methyl sites for hydroxylation is 1. The predicted octanol–water partition coefficient (Wildman–Crippen LogP) is 3.40. The number of halogens is 4. The summed E-state index contributed by atoms with van der Waals surface area (Å²) in [6, 6.07) is 1.72. The first-order chi connectivity index (χ1) is 11.6. The maximum atomic E-state index is 14.2. The first-order valence-electron chi connectivity index (χ1n) is 7.12. The maximum Gasteiger partial charge on any atom is 0.422 e. The Morgan fingerprint density at radius 3 is 2.60 bits per heavy atom. The van der Waals surface area contributed by atoms with Crippen LogP contribution in [-0.2, 0) is 0 Å². The highest BCUT2D eigenvalue weighted by Gasteiger charge is 2.29. The SMILES string of the molecule is Cc1ncc(-c2cc(OCC(F)(F)F)c(C=O)cc2F)nc1C(C)O. The monoisotopic (exact) mass is 358 g/mol. The largest absolute Gasteiger partial charge is 0.483 e. The van der Waals surface area contributed by atoms with Crippen molar-refractivity contribution in [1.29, 1.82) is 0 Å². The number of benzene rings is 1. The third-order valence-electron chi connectivity index (χ3n) is 3.28. The lowest BCUT2D eigenvalue weighted by Crippen LogP contribution is -2.19. The molecule has 134 valence electrons. The van der Waals surface area contributed by atoms with Gasteiger partial charge in [0.1, 0.15) is 11.6 Å². The number of rotatable bonds is 5. The van der Waals surface area contributed by atoms with Crippen molar-refractivity contribution in [2.45, 2.75) is 26.1 Å². The smallest absolute Gasteiger partial charge is 0.422 e. The molecule has 0 saturated heterocycles. The van der Waals surface area contributed by atoms with Crippen LogP contribution in [0, 0.1) is 12.7 Å². The molecule has 0 saturated carbocycles. The number of hydrogen-bond donors (Lipinski definition) is 1. The van der Waals surface area contributed by atoms with Crippen LogP contribution in [0.15, 0.2) is 18.3 Å². The molecule has 0 fully saturated rings. The van der Waals surface area contributed by atoms with Crippen LogP contribution in [0.2, 0.25) is 0 Å². The maximum absolute atomic E-state index is 14.2. The molecule has 1 heterocycles. The molecule has 0 bridgehead atoms. The number of aliphatic hydroxyl groups excluding tert-OH is 1. The van der Waals surface area contributed by atoms with Gasteiger partial charge in [0, 0.05) is 5.56 Å². The van der Waals surface area contributed by atoms with E-state index in [2.05, 4.69) is 14.7 Å². The molecule has 1 unspecified atom stereocenters. The van der Waals surface area contributed by atoms with Crippen LogP contribution in [0.3, 0.4) is 0 Å². The molecule has 1 N–H and O–H groups in total. The number of ether oxygens (including phenoxy) is 1. The second-order valence-electron chi connectivity index (χ2n) is 5.29. The lowest BCUT2D eigenvalue weighted by molar-refractivity contribution is -0.153. The van der Waals surface area contributed by atoms with Crippen LogP contribution < -0.4 is 4.74 Å². The number of aliphatic hydroxyl groups is 1. The van der Waals surface area contributed by atoms with E-state index < -0.39 is 30.5 Å². The number of carbonyl (C=O) groups is 1. The van der Waals surface area contributed by atoms with E-state index in [1.54, 1.807) is 6.92 Å². The highest BCUT2D eigenvalue weighted by atomic mass is 19.4. The zero-order valence-electron chi connectivity index (χ0n) is 13.3. The van der Waals surface area contributed by atoms with Gasteiger partial charge in [-0.15, -0.1) is 0 Å². The summed E-state index contributed by atoms with van der Waals surface area (Å²) in [7, 11) is 0. The Hall–Kier alpha value is -2.55. The van der Waals surface area contributed by atoms with Crippen LogP contribution >= 0.6 is 0 Å². The van der Waals surface area contributed by atoms with Crippen LogP contribution in [0.25, 0.3) is 11.3 Å². The summed E-state index contributed by atoms with van der Waals surface area (Å²) in [5.74, 6) is -1.30. The molecule has 0 aliphatic rings. The van der Waals surface area contributed by atoms with Crippen LogP contribution in [0.5, 0.6) is 5.75 Å². The molecule has 25 heavy (non-hydrogen) atoms. The van der Waals surface area contributed by atoms with Crippen molar-refractivity contribution in [3.05, 3.63) is 41.1 Å². The molecule has 0 radical (unpaired) electrons. The summed E-state index contributed by atoms with van der Waals surface area (Å²) in [5, 5.41) is 9.66. The predicted molar refractivity (Wildman–Crippen MR) is 79.7 cm³/mol. The third kappa shape index (κ3) is 4.50. The van der Waals surface area contributed by atoms with Crippen molar-refractivity contribution in [2.75, 3.05) is 6.61 Å². The topological polar surface area (TPSA) is 72.3 Å².